The van der Waals surface area contributed by atoms with Crippen LogP contribution in [0.2, 0.25) is 0 Å². The molecule has 1 radical (unpaired) electrons. The van der Waals surface area contributed by atoms with Gasteiger partial charge in [-0.3, -0.25) is 0 Å². The smallest absolute Gasteiger partial charge is 0.170 e. The normalized spacial score (nSPS) is 12.0. The van der Waals surface area contributed by atoms with Gasteiger partial charge in [-0.2, -0.15) is 24.9 Å². The molecule has 0 amide bonds. The maximum Gasteiger partial charge on any atom is 0.397 e. The molecule has 0 aliphatic carbocycles. The highest BCUT2D eigenvalue weighted by molar-refractivity contribution is 7.99. The molecule has 4 heteroatoms. The predicted molar refractivity (Wildman–Crippen MR) is 33.4 cm³/mol. The maximum absolute atomic E-state index is 11.3. The van der Waals surface area contributed by atoms with Crippen LogP contribution >= 0.6 is 11.8 Å². The number of thioether (sulfide) groups is 1. The minimum Gasteiger partial charge on any atom is -0.170 e. The van der Waals surface area contributed by atoms with Gasteiger partial charge in [0, 0.05) is 0 Å². The van der Waals surface area contributed by atoms with Crippen LogP contribution in [0.3, 0.4) is 0 Å². The second kappa shape index (κ2) is 4.04. The first-order valence-electron chi connectivity index (χ1n) is 2.48. The summed E-state index contributed by atoms with van der Waals surface area (Å²) in [5.41, 5.74) is 0. The van der Waals surface area contributed by atoms with Gasteiger partial charge in [0.05, 0.1) is 5.75 Å². The molecule has 0 heterocycles. The molecule has 0 unspecified atom stereocenters. The number of rotatable bonds is 3. The molecule has 0 aliphatic heterocycles. The molecule has 0 aromatic heterocycles. The van der Waals surface area contributed by atoms with E-state index in [0.717, 1.165) is 11.8 Å². The summed E-state index contributed by atoms with van der Waals surface area (Å²) in [6, 6.07) is 0. The maximum atomic E-state index is 11.3. The molecule has 0 saturated heterocycles. The zero-order chi connectivity index (χ0) is 7.33. The van der Waals surface area contributed by atoms with Crippen molar-refractivity contribution in [3.8, 4) is 0 Å². The van der Waals surface area contributed by atoms with E-state index in [1.54, 1.807) is 13.3 Å². The molecule has 0 bridgehead atoms. The number of halogens is 3. The molecule has 9 heavy (non-hydrogen) atoms. The van der Waals surface area contributed by atoms with Crippen LogP contribution in [0.1, 0.15) is 6.92 Å². The van der Waals surface area contributed by atoms with E-state index in [2.05, 4.69) is 0 Å². The molecule has 0 N–H and O–H groups in total. The van der Waals surface area contributed by atoms with Crippen LogP contribution in [-0.4, -0.2) is 17.7 Å². The Bertz CT molecular complexity index is 69.1. The number of hydrogen-bond acceptors (Lipinski definition) is 1. The average molecular weight is 157 g/mol. The van der Waals surface area contributed by atoms with E-state index in [1.165, 1.54) is 0 Å². The molecule has 0 aromatic rings. The zero-order valence-electron chi connectivity index (χ0n) is 5.03. The Morgan fingerprint density at radius 3 is 2.33 bits per heavy atom. The Labute approximate surface area is 56.8 Å². The summed E-state index contributed by atoms with van der Waals surface area (Å²) in [7, 11) is 0. The lowest BCUT2D eigenvalue weighted by molar-refractivity contribution is -0.105. The summed E-state index contributed by atoms with van der Waals surface area (Å²) in [6.07, 6.45) is -2.30. The van der Waals surface area contributed by atoms with E-state index < -0.39 is 11.9 Å². The second-order valence-corrected chi connectivity index (χ2v) is 2.57. The van der Waals surface area contributed by atoms with Crippen LogP contribution in [0.4, 0.5) is 13.2 Å². The summed E-state index contributed by atoms with van der Waals surface area (Å²) in [5.74, 6) is -0.267. The molecule has 0 spiro atoms. The highest BCUT2D eigenvalue weighted by Crippen LogP contribution is 2.20. The van der Waals surface area contributed by atoms with Crippen molar-refractivity contribution in [1.29, 1.82) is 0 Å². The number of hydrogen-bond donors (Lipinski definition) is 0. The number of alkyl halides is 3. The van der Waals surface area contributed by atoms with E-state index in [4.69, 9.17) is 0 Å². The van der Waals surface area contributed by atoms with Crippen molar-refractivity contribution >= 4 is 11.8 Å². The SMILES string of the molecule is C[CH]CSCC(F)(F)F. The van der Waals surface area contributed by atoms with E-state index in [-0.39, 0.29) is 0 Å². The summed E-state index contributed by atoms with van der Waals surface area (Å²) in [5, 5.41) is 0. The van der Waals surface area contributed by atoms with Gasteiger partial charge in [-0.15, -0.1) is 0 Å². The first-order valence-corrected chi connectivity index (χ1v) is 3.64. The Balaban J connectivity index is 3.07. The van der Waals surface area contributed by atoms with Crippen molar-refractivity contribution in [2.45, 2.75) is 13.1 Å². The third-order valence-electron chi connectivity index (χ3n) is 0.550. The highest BCUT2D eigenvalue weighted by Gasteiger charge is 2.26. The molecule has 0 fully saturated rings. The topological polar surface area (TPSA) is 0 Å². The lowest BCUT2D eigenvalue weighted by atomic mass is 10.6. The first-order chi connectivity index (χ1) is 4.06. The van der Waals surface area contributed by atoms with Gasteiger partial charge in [-0.1, -0.05) is 6.92 Å². The van der Waals surface area contributed by atoms with Crippen LogP contribution in [0.25, 0.3) is 0 Å². The molecular weight excluding hydrogens is 149 g/mol. The molecule has 0 atom stereocenters. The third kappa shape index (κ3) is 8.14. The van der Waals surface area contributed by atoms with Crippen LogP contribution in [0.5, 0.6) is 0 Å². The van der Waals surface area contributed by atoms with Gasteiger partial charge in [0.15, 0.2) is 0 Å². The van der Waals surface area contributed by atoms with Crippen molar-refractivity contribution in [3.05, 3.63) is 6.42 Å². The predicted octanol–water partition coefficient (Wildman–Crippen LogP) is 2.51. The Morgan fingerprint density at radius 2 is 2.00 bits per heavy atom. The quantitative estimate of drug-likeness (QED) is 0.567. The van der Waals surface area contributed by atoms with E-state index in [1.807, 2.05) is 0 Å². The molecule has 0 nitrogen and oxygen atoms in total. The minimum absolute atomic E-state index is 0.472. The fourth-order valence-electron chi connectivity index (χ4n) is 0.293. The molecule has 0 saturated carbocycles. The van der Waals surface area contributed by atoms with Crippen molar-refractivity contribution < 1.29 is 13.2 Å². The van der Waals surface area contributed by atoms with Crippen LogP contribution in [-0.2, 0) is 0 Å². The van der Waals surface area contributed by atoms with Gasteiger partial charge >= 0.3 is 6.18 Å². The molecular formula is C5H8F3S. The van der Waals surface area contributed by atoms with E-state index >= 15 is 0 Å². The molecule has 0 aliphatic rings. The molecule has 55 valence electrons. The Kier molecular flexibility index (Phi) is 4.10. The Morgan fingerprint density at radius 1 is 1.44 bits per heavy atom. The van der Waals surface area contributed by atoms with Crippen molar-refractivity contribution in [2.75, 3.05) is 11.5 Å². The average Bonchev–Trinajstić information content (AvgIpc) is 1.63. The largest absolute Gasteiger partial charge is 0.397 e. The van der Waals surface area contributed by atoms with Crippen LogP contribution < -0.4 is 0 Å². The lowest BCUT2D eigenvalue weighted by Gasteiger charge is -2.03. The van der Waals surface area contributed by atoms with Crippen LogP contribution in [0.15, 0.2) is 0 Å². The fraction of sp³-hybridized carbons (Fsp3) is 0.800. The molecule has 0 rings (SSSR count). The summed E-state index contributed by atoms with van der Waals surface area (Å²) in [6.45, 7) is 1.74. The minimum atomic E-state index is -4.01. The van der Waals surface area contributed by atoms with Gasteiger partial charge in [-0.25, -0.2) is 0 Å². The van der Waals surface area contributed by atoms with Crippen molar-refractivity contribution in [2.24, 2.45) is 0 Å². The zero-order valence-corrected chi connectivity index (χ0v) is 5.85. The van der Waals surface area contributed by atoms with Gasteiger partial charge in [0.1, 0.15) is 0 Å². The van der Waals surface area contributed by atoms with E-state index in [0.29, 0.717) is 5.75 Å². The van der Waals surface area contributed by atoms with Gasteiger partial charge < -0.3 is 0 Å². The van der Waals surface area contributed by atoms with Gasteiger partial charge in [0.2, 0.25) is 0 Å². The van der Waals surface area contributed by atoms with Gasteiger partial charge in [-0.05, 0) is 12.2 Å². The van der Waals surface area contributed by atoms with Crippen LogP contribution in [0, 0.1) is 6.42 Å². The monoisotopic (exact) mass is 157 g/mol. The van der Waals surface area contributed by atoms with Crippen molar-refractivity contribution in [1.82, 2.24) is 0 Å². The fourth-order valence-corrected chi connectivity index (χ4v) is 0.878. The lowest BCUT2D eigenvalue weighted by Crippen LogP contribution is -2.10. The van der Waals surface area contributed by atoms with E-state index in [9.17, 15) is 13.2 Å². The first kappa shape index (κ1) is 9.14. The standard InChI is InChI=1S/C5H8F3S/c1-2-3-9-4-5(6,7)8/h2H,3-4H2,1H3. The highest BCUT2D eigenvalue weighted by atomic mass is 32.2. The van der Waals surface area contributed by atoms with Gasteiger partial charge in [0.25, 0.3) is 0 Å². The molecule has 0 aromatic carbocycles. The summed E-state index contributed by atoms with van der Waals surface area (Å²) < 4.78 is 34.0. The summed E-state index contributed by atoms with van der Waals surface area (Å²) >= 11 is 0.880. The van der Waals surface area contributed by atoms with Crippen molar-refractivity contribution in [3.63, 3.8) is 0 Å². The third-order valence-corrected chi connectivity index (χ3v) is 1.65. The second-order valence-electron chi connectivity index (χ2n) is 1.54. The Hall–Kier alpha value is 0.140. The summed E-state index contributed by atoms with van der Waals surface area (Å²) in [4.78, 5) is 0.